The van der Waals surface area contributed by atoms with E-state index >= 15 is 0 Å². The fourth-order valence-corrected chi connectivity index (χ4v) is 2.95. The molecule has 0 aliphatic rings. The first-order valence-corrected chi connectivity index (χ1v) is 6.92. The number of halogens is 1. The molecule has 18 heavy (non-hydrogen) atoms. The fraction of sp³-hybridized carbons (Fsp3) is 0.154. The summed E-state index contributed by atoms with van der Waals surface area (Å²) in [6.45, 7) is 2.12. The molecular weight excluding hydrogens is 266 g/mol. The molecule has 3 rings (SSSR count). The van der Waals surface area contributed by atoms with Crippen molar-refractivity contribution in [3.05, 3.63) is 45.7 Å². The van der Waals surface area contributed by atoms with Crippen molar-refractivity contribution >= 4 is 39.5 Å². The maximum absolute atomic E-state index is 5.96. The lowest BCUT2D eigenvalue weighted by atomic mass is 10.1. The molecule has 0 spiro atoms. The third-order valence-corrected chi connectivity index (χ3v) is 4.05. The highest BCUT2D eigenvalue weighted by molar-refractivity contribution is 7.14. The number of thiophene rings is 1. The van der Waals surface area contributed by atoms with Crippen LogP contribution in [-0.4, -0.2) is 10.2 Å². The minimum Gasteiger partial charge on any atom is -0.378 e. The molecule has 0 aliphatic heterocycles. The van der Waals surface area contributed by atoms with Crippen LogP contribution in [0, 0.1) is 0 Å². The van der Waals surface area contributed by atoms with E-state index < -0.39 is 0 Å². The number of anilines is 1. The van der Waals surface area contributed by atoms with Gasteiger partial charge in [-0.25, -0.2) is 0 Å². The van der Waals surface area contributed by atoms with E-state index in [0.717, 1.165) is 20.9 Å². The van der Waals surface area contributed by atoms with Crippen molar-refractivity contribution < 1.29 is 0 Å². The van der Waals surface area contributed by atoms with E-state index in [0.29, 0.717) is 0 Å². The molecule has 0 fully saturated rings. The smallest absolute Gasteiger partial charge is 0.0931 e. The van der Waals surface area contributed by atoms with Crippen LogP contribution in [0.15, 0.2) is 35.8 Å². The zero-order valence-corrected chi connectivity index (χ0v) is 11.3. The van der Waals surface area contributed by atoms with Crippen LogP contribution in [0.1, 0.15) is 18.5 Å². The molecule has 2 aromatic heterocycles. The summed E-state index contributed by atoms with van der Waals surface area (Å²) < 4.78 is 0.820. The summed E-state index contributed by atoms with van der Waals surface area (Å²) >= 11 is 7.52. The van der Waals surface area contributed by atoms with Crippen LogP contribution < -0.4 is 5.32 Å². The zero-order chi connectivity index (χ0) is 12.5. The van der Waals surface area contributed by atoms with Gasteiger partial charge in [0, 0.05) is 17.1 Å². The van der Waals surface area contributed by atoms with E-state index in [1.165, 1.54) is 5.56 Å². The van der Waals surface area contributed by atoms with Crippen LogP contribution in [0.5, 0.6) is 0 Å². The quantitative estimate of drug-likeness (QED) is 0.742. The summed E-state index contributed by atoms with van der Waals surface area (Å²) in [6.07, 6.45) is 1.84. The van der Waals surface area contributed by atoms with Gasteiger partial charge in [0.25, 0.3) is 0 Å². The molecule has 0 amide bonds. The second kappa shape index (κ2) is 4.63. The summed E-state index contributed by atoms with van der Waals surface area (Å²) in [5.41, 5.74) is 3.32. The zero-order valence-electron chi connectivity index (χ0n) is 9.77. The summed E-state index contributed by atoms with van der Waals surface area (Å²) in [5.74, 6) is 0. The first-order valence-electron chi connectivity index (χ1n) is 5.66. The normalized spacial score (nSPS) is 12.8. The number of nitrogens with one attached hydrogen (secondary N) is 2. The number of hydrogen-bond acceptors (Lipinski definition) is 3. The Kier molecular flexibility index (Phi) is 2.97. The van der Waals surface area contributed by atoms with Crippen LogP contribution in [0.25, 0.3) is 10.9 Å². The van der Waals surface area contributed by atoms with Gasteiger partial charge in [-0.3, -0.25) is 5.10 Å². The average Bonchev–Trinajstić information content (AvgIpc) is 2.97. The van der Waals surface area contributed by atoms with Crippen LogP contribution in [0.2, 0.25) is 4.34 Å². The lowest BCUT2D eigenvalue weighted by Crippen LogP contribution is -2.05. The number of fused-ring (bicyclic) bond motifs is 1. The molecule has 5 heteroatoms. The molecule has 1 unspecified atom stereocenters. The van der Waals surface area contributed by atoms with Crippen LogP contribution >= 0.6 is 22.9 Å². The van der Waals surface area contributed by atoms with Gasteiger partial charge in [-0.1, -0.05) is 17.7 Å². The number of aromatic amines is 1. The Bertz CT molecular complexity index is 673. The molecular formula is C13H12ClN3S. The van der Waals surface area contributed by atoms with E-state index in [-0.39, 0.29) is 6.04 Å². The highest BCUT2D eigenvalue weighted by Gasteiger charge is 2.09. The van der Waals surface area contributed by atoms with Gasteiger partial charge in [0.1, 0.15) is 0 Å². The number of nitrogens with zero attached hydrogens (tertiary/aromatic N) is 1. The SMILES string of the molecule is CC(Nc1cccc2[nH]ncc12)c1csc(Cl)c1. The van der Waals surface area contributed by atoms with Crippen LogP contribution in [0.4, 0.5) is 5.69 Å². The molecule has 0 saturated heterocycles. The summed E-state index contributed by atoms with van der Waals surface area (Å²) in [5, 5.41) is 13.7. The molecule has 2 N–H and O–H groups in total. The van der Waals surface area contributed by atoms with Gasteiger partial charge < -0.3 is 5.32 Å². The Labute approximate surface area is 114 Å². The maximum atomic E-state index is 5.96. The second-order valence-corrected chi connectivity index (χ2v) is 5.73. The molecule has 3 aromatic rings. The van der Waals surface area contributed by atoms with Crippen molar-refractivity contribution in [1.82, 2.24) is 10.2 Å². The number of H-pyrrole nitrogens is 1. The van der Waals surface area contributed by atoms with E-state index in [9.17, 15) is 0 Å². The molecule has 1 atom stereocenters. The molecule has 1 aromatic carbocycles. The highest BCUT2D eigenvalue weighted by Crippen LogP contribution is 2.29. The lowest BCUT2D eigenvalue weighted by Gasteiger charge is -2.14. The van der Waals surface area contributed by atoms with Gasteiger partial charge in [-0.2, -0.15) is 5.10 Å². The van der Waals surface area contributed by atoms with Crippen molar-refractivity contribution in [3.8, 4) is 0 Å². The van der Waals surface area contributed by atoms with E-state index in [1.54, 1.807) is 11.3 Å². The summed E-state index contributed by atoms with van der Waals surface area (Å²) in [6, 6.07) is 8.30. The number of rotatable bonds is 3. The highest BCUT2D eigenvalue weighted by atomic mass is 35.5. The molecule has 92 valence electrons. The van der Waals surface area contributed by atoms with Gasteiger partial charge in [-0.15, -0.1) is 11.3 Å². The minimum atomic E-state index is 0.217. The Morgan fingerprint density at radius 1 is 1.44 bits per heavy atom. The first-order chi connectivity index (χ1) is 8.74. The largest absolute Gasteiger partial charge is 0.378 e. The van der Waals surface area contributed by atoms with Crippen molar-refractivity contribution in [2.24, 2.45) is 0 Å². The number of aromatic nitrogens is 2. The second-order valence-electron chi connectivity index (χ2n) is 4.19. The van der Waals surface area contributed by atoms with E-state index in [2.05, 4.69) is 33.9 Å². The Hall–Kier alpha value is -1.52. The van der Waals surface area contributed by atoms with Gasteiger partial charge in [0.2, 0.25) is 0 Å². The average molecular weight is 278 g/mol. The van der Waals surface area contributed by atoms with Gasteiger partial charge in [-0.05, 0) is 36.1 Å². The molecule has 0 saturated carbocycles. The van der Waals surface area contributed by atoms with Crippen molar-refractivity contribution in [1.29, 1.82) is 0 Å². The van der Waals surface area contributed by atoms with Gasteiger partial charge >= 0.3 is 0 Å². The van der Waals surface area contributed by atoms with Gasteiger partial charge in [0.15, 0.2) is 0 Å². The third-order valence-electron chi connectivity index (χ3n) is 2.94. The summed E-state index contributed by atoms with van der Waals surface area (Å²) in [4.78, 5) is 0. The predicted octanol–water partition coefficient (Wildman–Crippen LogP) is 4.45. The van der Waals surface area contributed by atoms with Crippen molar-refractivity contribution in [3.63, 3.8) is 0 Å². The summed E-state index contributed by atoms with van der Waals surface area (Å²) in [7, 11) is 0. The Balaban J connectivity index is 1.90. The maximum Gasteiger partial charge on any atom is 0.0931 e. The monoisotopic (exact) mass is 277 g/mol. The topological polar surface area (TPSA) is 40.7 Å². The third kappa shape index (κ3) is 2.09. The van der Waals surface area contributed by atoms with Crippen LogP contribution in [0.3, 0.4) is 0 Å². The van der Waals surface area contributed by atoms with Crippen LogP contribution in [-0.2, 0) is 0 Å². The fourth-order valence-electron chi connectivity index (χ4n) is 1.96. The molecule has 0 radical (unpaired) electrons. The lowest BCUT2D eigenvalue weighted by molar-refractivity contribution is 0.893. The predicted molar refractivity (Wildman–Crippen MR) is 77.5 cm³/mol. The Morgan fingerprint density at radius 3 is 3.11 bits per heavy atom. The standard InChI is InChI=1S/C13H12ClN3S/c1-8(9-5-13(14)18-7-9)16-11-3-2-4-12-10(11)6-15-17-12/h2-8,16H,1H3,(H,15,17). The minimum absolute atomic E-state index is 0.217. The van der Waals surface area contributed by atoms with E-state index in [1.807, 2.05) is 24.4 Å². The molecule has 0 bridgehead atoms. The van der Waals surface area contributed by atoms with Crippen molar-refractivity contribution in [2.45, 2.75) is 13.0 Å². The van der Waals surface area contributed by atoms with E-state index in [4.69, 9.17) is 11.6 Å². The number of benzene rings is 1. The number of hydrogen-bond donors (Lipinski definition) is 2. The molecule has 0 aliphatic carbocycles. The van der Waals surface area contributed by atoms with Crippen molar-refractivity contribution in [2.75, 3.05) is 5.32 Å². The first kappa shape index (κ1) is 11.6. The molecule has 3 nitrogen and oxygen atoms in total. The van der Waals surface area contributed by atoms with Gasteiger partial charge in [0.05, 0.1) is 16.0 Å². The Morgan fingerprint density at radius 2 is 2.33 bits per heavy atom. The molecule has 2 heterocycles.